The van der Waals surface area contributed by atoms with Gasteiger partial charge in [-0.15, -0.1) is 0 Å². The van der Waals surface area contributed by atoms with Gasteiger partial charge in [0.2, 0.25) is 0 Å². The molecule has 0 saturated carbocycles. The van der Waals surface area contributed by atoms with Gasteiger partial charge in [0.05, 0.1) is 5.56 Å². The van der Waals surface area contributed by atoms with Crippen LogP contribution >= 0.6 is 0 Å². The van der Waals surface area contributed by atoms with Crippen molar-refractivity contribution in [3.05, 3.63) is 95.9 Å². The molecule has 0 unspecified atom stereocenters. The molecule has 2 aromatic carbocycles. The van der Waals surface area contributed by atoms with Gasteiger partial charge in [-0.05, 0) is 29.8 Å². The van der Waals surface area contributed by atoms with Crippen LogP contribution in [0.1, 0.15) is 15.9 Å². The molecule has 2 heterocycles. The van der Waals surface area contributed by atoms with Crippen LogP contribution in [-0.2, 0) is 17.7 Å². The lowest BCUT2D eigenvalue weighted by Crippen LogP contribution is -2.23. The van der Waals surface area contributed by atoms with Gasteiger partial charge in [0, 0.05) is 54.5 Å². The van der Waals surface area contributed by atoms with Crippen molar-refractivity contribution in [2.24, 2.45) is 0 Å². The predicted octanol–water partition coefficient (Wildman–Crippen LogP) is 3.71. The number of imidazole rings is 1. The molecule has 29 heavy (non-hydrogen) atoms. The molecule has 1 N–H and O–H groups in total. The molecule has 5 nitrogen and oxygen atoms in total. The van der Waals surface area contributed by atoms with E-state index in [0.29, 0.717) is 10.5 Å². The summed E-state index contributed by atoms with van der Waals surface area (Å²) in [6.07, 6.45) is 5.11. The number of halogens is 2. The summed E-state index contributed by atoms with van der Waals surface area (Å²) in [6.45, 7) is 0.280. The fourth-order valence-corrected chi connectivity index (χ4v) is 3.94. The highest BCUT2D eigenvalue weighted by molar-refractivity contribution is 7.91. The number of pyridine rings is 1. The third-order valence-electron chi connectivity index (χ3n) is 4.29. The maximum atomic E-state index is 13.3. The fourth-order valence-electron chi connectivity index (χ4n) is 2.84. The molecule has 0 aliphatic heterocycles. The molecule has 0 fully saturated rings. The predicted molar refractivity (Wildman–Crippen MR) is 104 cm³/mol. The average Bonchev–Trinajstić information content (AvgIpc) is 3.19. The molecule has 146 valence electrons. The summed E-state index contributed by atoms with van der Waals surface area (Å²) in [4.78, 5) is 16.9. The van der Waals surface area contributed by atoms with E-state index in [9.17, 15) is 18.1 Å². The maximum absolute atomic E-state index is 13.3. The lowest BCUT2D eigenvalue weighted by Gasteiger charge is -2.11. The molecule has 4 rings (SSSR count). The van der Waals surface area contributed by atoms with Crippen LogP contribution in [0.2, 0.25) is 0 Å². The van der Waals surface area contributed by atoms with Crippen LogP contribution in [-0.4, -0.2) is 19.8 Å². The zero-order valence-corrected chi connectivity index (χ0v) is 15.8. The van der Waals surface area contributed by atoms with Gasteiger partial charge in [-0.25, -0.2) is 13.8 Å². The molecule has 0 spiro atoms. The summed E-state index contributed by atoms with van der Waals surface area (Å²) in [5.41, 5.74) is 2.05. The van der Waals surface area contributed by atoms with E-state index in [1.165, 1.54) is 0 Å². The lowest BCUT2D eigenvalue weighted by molar-refractivity contribution is 0.0950. The number of benzene rings is 2. The molecule has 0 saturated heterocycles. The number of carbonyl (C=O) groups is 1. The SMILES string of the molecule is O=C(NCc1ccc([S@+]([O-])c2cc(F)cc(F)c2)cc1)c1ccc2nccn2c1. The van der Waals surface area contributed by atoms with E-state index in [4.69, 9.17) is 0 Å². The summed E-state index contributed by atoms with van der Waals surface area (Å²) in [5, 5.41) is 2.82. The Balaban J connectivity index is 1.41. The van der Waals surface area contributed by atoms with Gasteiger partial charge in [0.15, 0.2) is 9.79 Å². The monoisotopic (exact) mass is 411 g/mol. The molecular weight excluding hydrogens is 396 g/mol. The van der Waals surface area contributed by atoms with Crippen molar-refractivity contribution in [2.45, 2.75) is 16.3 Å². The van der Waals surface area contributed by atoms with Crippen molar-refractivity contribution < 1.29 is 18.1 Å². The summed E-state index contributed by atoms with van der Waals surface area (Å²) < 4.78 is 40.9. The number of rotatable bonds is 5. The highest BCUT2D eigenvalue weighted by atomic mass is 32.2. The van der Waals surface area contributed by atoms with Crippen LogP contribution < -0.4 is 5.32 Å². The average molecular weight is 411 g/mol. The van der Waals surface area contributed by atoms with E-state index in [0.717, 1.165) is 29.4 Å². The van der Waals surface area contributed by atoms with Gasteiger partial charge in [-0.2, -0.15) is 0 Å². The molecular formula is C21H15F2N3O2S. The van der Waals surface area contributed by atoms with E-state index >= 15 is 0 Å². The number of carbonyl (C=O) groups excluding carboxylic acids is 1. The Morgan fingerprint density at radius 2 is 1.76 bits per heavy atom. The van der Waals surface area contributed by atoms with Crippen molar-refractivity contribution in [1.29, 1.82) is 0 Å². The Morgan fingerprint density at radius 3 is 2.48 bits per heavy atom. The first-order chi connectivity index (χ1) is 14.0. The van der Waals surface area contributed by atoms with E-state index in [1.54, 1.807) is 59.4 Å². The highest BCUT2D eigenvalue weighted by Crippen LogP contribution is 2.23. The first-order valence-electron chi connectivity index (χ1n) is 8.67. The van der Waals surface area contributed by atoms with Crippen LogP contribution in [0.15, 0.2) is 83.0 Å². The Hall–Kier alpha value is -3.23. The lowest BCUT2D eigenvalue weighted by atomic mass is 10.2. The van der Waals surface area contributed by atoms with E-state index in [-0.39, 0.29) is 17.3 Å². The molecule has 0 aliphatic carbocycles. The largest absolute Gasteiger partial charge is 0.606 e. The zero-order chi connectivity index (χ0) is 20.4. The minimum absolute atomic E-state index is 0.0541. The first kappa shape index (κ1) is 19.1. The Labute approximate surface area is 168 Å². The van der Waals surface area contributed by atoms with E-state index in [1.807, 2.05) is 0 Å². The second kappa shape index (κ2) is 8.02. The van der Waals surface area contributed by atoms with Gasteiger partial charge >= 0.3 is 0 Å². The second-order valence-electron chi connectivity index (χ2n) is 6.31. The Kier molecular flexibility index (Phi) is 5.28. The highest BCUT2D eigenvalue weighted by Gasteiger charge is 2.17. The van der Waals surface area contributed by atoms with Crippen LogP contribution in [0.25, 0.3) is 5.65 Å². The number of fused-ring (bicyclic) bond motifs is 1. The van der Waals surface area contributed by atoms with Gasteiger partial charge in [0.1, 0.15) is 17.3 Å². The number of hydrogen-bond donors (Lipinski definition) is 1. The molecule has 1 atom stereocenters. The van der Waals surface area contributed by atoms with Gasteiger partial charge in [-0.3, -0.25) is 4.79 Å². The molecule has 0 bridgehead atoms. The third kappa shape index (κ3) is 4.28. The minimum Gasteiger partial charge on any atom is -0.606 e. The second-order valence-corrected chi connectivity index (χ2v) is 7.79. The molecule has 0 radical (unpaired) electrons. The van der Waals surface area contributed by atoms with Crippen molar-refractivity contribution >= 4 is 22.7 Å². The number of nitrogens with zero attached hydrogens (tertiary/aromatic N) is 2. The number of aromatic nitrogens is 2. The summed E-state index contributed by atoms with van der Waals surface area (Å²) >= 11 is -1.70. The van der Waals surface area contributed by atoms with Crippen LogP contribution in [0, 0.1) is 11.6 Å². The Morgan fingerprint density at radius 1 is 1.03 bits per heavy atom. The number of nitrogens with one attached hydrogen (secondary N) is 1. The summed E-state index contributed by atoms with van der Waals surface area (Å²) in [6, 6.07) is 12.9. The van der Waals surface area contributed by atoms with Crippen LogP contribution in [0.4, 0.5) is 8.78 Å². The van der Waals surface area contributed by atoms with Crippen molar-refractivity contribution in [3.63, 3.8) is 0 Å². The summed E-state index contributed by atoms with van der Waals surface area (Å²) in [5.74, 6) is -1.79. The topological polar surface area (TPSA) is 69.5 Å². The Bertz CT molecular complexity index is 1160. The molecule has 0 aliphatic rings. The normalized spacial score (nSPS) is 12.1. The van der Waals surface area contributed by atoms with Crippen molar-refractivity contribution in [1.82, 2.24) is 14.7 Å². The minimum atomic E-state index is -1.70. The summed E-state index contributed by atoms with van der Waals surface area (Å²) in [7, 11) is 0. The zero-order valence-electron chi connectivity index (χ0n) is 15.0. The maximum Gasteiger partial charge on any atom is 0.253 e. The van der Waals surface area contributed by atoms with Crippen LogP contribution in [0.3, 0.4) is 0 Å². The smallest absolute Gasteiger partial charge is 0.253 e. The van der Waals surface area contributed by atoms with Gasteiger partial charge < -0.3 is 14.3 Å². The molecule has 1 amide bonds. The number of hydrogen-bond acceptors (Lipinski definition) is 3. The third-order valence-corrected chi connectivity index (χ3v) is 5.66. The fraction of sp³-hybridized carbons (Fsp3) is 0.0476. The first-order valence-corrected chi connectivity index (χ1v) is 9.82. The molecule has 4 aromatic rings. The van der Waals surface area contributed by atoms with Crippen molar-refractivity contribution in [3.8, 4) is 0 Å². The van der Waals surface area contributed by atoms with E-state index in [2.05, 4.69) is 10.3 Å². The number of amides is 1. The van der Waals surface area contributed by atoms with Gasteiger partial charge in [0.25, 0.3) is 5.91 Å². The van der Waals surface area contributed by atoms with Gasteiger partial charge in [-0.1, -0.05) is 12.1 Å². The van der Waals surface area contributed by atoms with Crippen LogP contribution in [0.5, 0.6) is 0 Å². The van der Waals surface area contributed by atoms with Crippen molar-refractivity contribution in [2.75, 3.05) is 0 Å². The molecule has 2 aromatic heterocycles. The van der Waals surface area contributed by atoms with E-state index < -0.39 is 22.8 Å². The standard InChI is InChI=1S/C21H15F2N3O2S/c22-16-9-17(23)11-19(10-16)29(28)18-4-1-14(2-5-18)12-25-21(27)15-3-6-20-24-7-8-26(20)13-15/h1-11,13H,12H2,(H,25,27)/t29-/m0/s1. The molecule has 8 heteroatoms. The quantitative estimate of drug-likeness (QED) is 0.509.